The van der Waals surface area contributed by atoms with Gasteiger partial charge in [-0.1, -0.05) is 13.8 Å². The third kappa shape index (κ3) is 7.26. The average molecular weight is 204 g/mol. The van der Waals surface area contributed by atoms with Crippen LogP contribution < -0.4 is 10.6 Å². The molecule has 4 heteroatoms. The molecule has 0 radical (unpaired) electrons. The molecule has 0 heterocycles. The molecule has 0 fully saturated rings. The van der Waals surface area contributed by atoms with E-state index in [1.807, 2.05) is 6.92 Å². The van der Waals surface area contributed by atoms with Crippen LogP contribution >= 0.6 is 0 Å². The SMILES string of the molecule is C[C@H](CO)NCC(C)(C)CNCCO. The molecule has 0 saturated carbocycles. The average Bonchev–Trinajstić information content (AvgIpc) is 2.14. The van der Waals surface area contributed by atoms with Crippen LogP contribution in [0.1, 0.15) is 20.8 Å². The second-order valence-corrected chi connectivity index (χ2v) is 4.53. The molecule has 0 aliphatic heterocycles. The highest BCUT2D eigenvalue weighted by atomic mass is 16.3. The molecule has 0 rings (SSSR count). The van der Waals surface area contributed by atoms with E-state index >= 15 is 0 Å². The summed E-state index contributed by atoms with van der Waals surface area (Å²) in [5.74, 6) is 0. The molecule has 0 aliphatic rings. The van der Waals surface area contributed by atoms with Crippen molar-refractivity contribution in [2.24, 2.45) is 5.41 Å². The van der Waals surface area contributed by atoms with E-state index in [-0.39, 0.29) is 24.7 Å². The molecule has 0 spiro atoms. The summed E-state index contributed by atoms with van der Waals surface area (Å²) in [4.78, 5) is 0. The lowest BCUT2D eigenvalue weighted by atomic mass is 9.93. The first-order chi connectivity index (χ1) is 6.52. The van der Waals surface area contributed by atoms with Crippen LogP contribution in [0.5, 0.6) is 0 Å². The minimum Gasteiger partial charge on any atom is -0.395 e. The van der Waals surface area contributed by atoms with E-state index in [0.29, 0.717) is 6.54 Å². The van der Waals surface area contributed by atoms with Crippen molar-refractivity contribution < 1.29 is 10.2 Å². The molecule has 4 nitrogen and oxygen atoms in total. The minimum absolute atomic E-state index is 0.137. The number of nitrogens with one attached hydrogen (secondary N) is 2. The monoisotopic (exact) mass is 204 g/mol. The Morgan fingerprint density at radius 2 is 1.86 bits per heavy atom. The zero-order valence-electron chi connectivity index (χ0n) is 9.51. The largest absolute Gasteiger partial charge is 0.395 e. The van der Waals surface area contributed by atoms with Gasteiger partial charge in [-0.3, -0.25) is 0 Å². The van der Waals surface area contributed by atoms with Crippen LogP contribution in [0.4, 0.5) is 0 Å². The van der Waals surface area contributed by atoms with Gasteiger partial charge in [0.2, 0.25) is 0 Å². The Balaban J connectivity index is 3.60. The van der Waals surface area contributed by atoms with Crippen LogP contribution in [-0.2, 0) is 0 Å². The smallest absolute Gasteiger partial charge is 0.0581 e. The van der Waals surface area contributed by atoms with Gasteiger partial charge in [0.05, 0.1) is 13.2 Å². The van der Waals surface area contributed by atoms with Crippen LogP contribution in [0, 0.1) is 5.41 Å². The number of rotatable bonds is 8. The van der Waals surface area contributed by atoms with E-state index in [0.717, 1.165) is 13.1 Å². The van der Waals surface area contributed by atoms with E-state index in [1.54, 1.807) is 0 Å². The number of aliphatic hydroxyl groups excluding tert-OH is 2. The molecule has 86 valence electrons. The Morgan fingerprint density at radius 1 is 1.21 bits per heavy atom. The van der Waals surface area contributed by atoms with Gasteiger partial charge < -0.3 is 20.8 Å². The maximum atomic E-state index is 8.83. The van der Waals surface area contributed by atoms with Crippen LogP contribution in [0.2, 0.25) is 0 Å². The summed E-state index contributed by atoms with van der Waals surface area (Å²) in [7, 11) is 0. The lowest BCUT2D eigenvalue weighted by Crippen LogP contribution is -2.42. The first-order valence-corrected chi connectivity index (χ1v) is 5.17. The van der Waals surface area contributed by atoms with Gasteiger partial charge in [-0.2, -0.15) is 0 Å². The quantitative estimate of drug-likeness (QED) is 0.405. The summed E-state index contributed by atoms with van der Waals surface area (Å²) in [5, 5.41) is 23.9. The minimum atomic E-state index is 0.137. The van der Waals surface area contributed by atoms with E-state index < -0.39 is 0 Å². The summed E-state index contributed by atoms with van der Waals surface area (Å²) in [6.07, 6.45) is 0. The Labute approximate surface area is 86.7 Å². The predicted molar refractivity (Wildman–Crippen MR) is 58.3 cm³/mol. The molecule has 0 bridgehead atoms. The Hall–Kier alpha value is -0.160. The summed E-state index contributed by atoms with van der Waals surface area (Å²) < 4.78 is 0. The highest BCUT2D eigenvalue weighted by Crippen LogP contribution is 2.11. The first-order valence-electron chi connectivity index (χ1n) is 5.17. The molecule has 0 aromatic heterocycles. The molecule has 0 saturated heterocycles. The molecular weight excluding hydrogens is 180 g/mol. The van der Waals surface area contributed by atoms with E-state index in [1.165, 1.54) is 0 Å². The molecule has 1 atom stereocenters. The maximum Gasteiger partial charge on any atom is 0.0581 e. The second-order valence-electron chi connectivity index (χ2n) is 4.53. The van der Waals surface area contributed by atoms with Crippen LogP contribution in [0.15, 0.2) is 0 Å². The van der Waals surface area contributed by atoms with Crippen molar-refractivity contribution in [2.45, 2.75) is 26.8 Å². The van der Waals surface area contributed by atoms with Gasteiger partial charge in [-0.05, 0) is 12.3 Å². The van der Waals surface area contributed by atoms with E-state index in [9.17, 15) is 0 Å². The zero-order chi connectivity index (χ0) is 11.0. The summed E-state index contributed by atoms with van der Waals surface area (Å²) >= 11 is 0. The van der Waals surface area contributed by atoms with E-state index in [2.05, 4.69) is 24.5 Å². The van der Waals surface area contributed by atoms with Gasteiger partial charge in [0.1, 0.15) is 0 Å². The third-order valence-corrected chi connectivity index (χ3v) is 2.10. The molecule has 0 aromatic rings. The maximum absolute atomic E-state index is 8.83. The highest BCUT2D eigenvalue weighted by molar-refractivity contribution is 4.75. The Bertz CT molecular complexity index is 140. The third-order valence-electron chi connectivity index (χ3n) is 2.10. The normalized spacial score (nSPS) is 14.4. The zero-order valence-corrected chi connectivity index (χ0v) is 9.51. The molecule has 0 aliphatic carbocycles. The van der Waals surface area contributed by atoms with Crippen molar-refractivity contribution in [3.63, 3.8) is 0 Å². The lowest BCUT2D eigenvalue weighted by Gasteiger charge is -2.27. The second kappa shape index (κ2) is 7.17. The fourth-order valence-corrected chi connectivity index (χ4v) is 1.08. The first kappa shape index (κ1) is 13.8. The van der Waals surface area contributed by atoms with Gasteiger partial charge in [0.25, 0.3) is 0 Å². The Morgan fingerprint density at radius 3 is 2.36 bits per heavy atom. The number of aliphatic hydroxyl groups is 2. The van der Waals surface area contributed by atoms with Crippen molar-refractivity contribution in [1.82, 2.24) is 10.6 Å². The lowest BCUT2D eigenvalue weighted by molar-refractivity contribution is 0.225. The molecule has 14 heavy (non-hydrogen) atoms. The highest BCUT2D eigenvalue weighted by Gasteiger charge is 2.17. The fraction of sp³-hybridized carbons (Fsp3) is 1.00. The van der Waals surface area contributed by atoms with Gasteiger partial charge >= 0.3 is 0 Å². The van der Waals surface area contributed by atoms with E-state index in [4.69, 9.17) is 10.2 Å². The molecule has 4 N–H and O–H groups in total. The van der Waals surface area contributed by atoms with Crippen molar-refractivity contribution >= 4 is 0 Å². The van der Waals surface area contributed by atoms with Crippen molar-refractivity contribution in [3.8, 4) is 0 Å². The number of hydrogen-bond acceptors (Lipinski definition) is 4. The number of hydrogen-bond donors (Lipinski definition) is 4. The van der Waals surface area contributed by atoms with Gasteiger partial charge in [-0.15, -0.1) is 0 Å². The molecular formula is C10H24N2O2. The van der Waals surface area contributed by atoms with Gasteiger partial charge in [0, 0.05) is 25.7 Å². The van der Waals surface area contributed by atoms with Crippen LogP contribution in [0.25, 0.3) is 0 Å². The predicted octanol–water partition coefficient (Wildman–Crippen LogP) is -0.435. The Kier molecular flexibility index (Phi) is 7.09. The summed E-state index contributed by atoms with van der Waals surface area (Å²) in [5.41, 5.74) is 0.137. The fourth-order valence-electron chi connectivity index (χ4n) is 1.08. The van der Waals surface area contributed by atoms with Crippen molar-refractivity contribution in [3.05, 3.63) is 0 Å². The van der Waals surface area contributed by atoms with Gasteiger partial charge in [0.15, 0.2) is 0 Å². The molecule has 0 aromatic carbocycles. The van der Waals surface area contributed by atoms with Crippen LogP contribution in [0.3, 0.4) is 0 Å². The topological polar surface area (TPSA) is 64.5 Å². The van der Waals surface area contributed by atoms with Crippen LogP contribution in [-0.4, -0.2) is 49.1 Å². The molecule has 0 unspecified atom stereocenters. The summed E-state index contributed by atoms with van der Waals surface area (Å²) in [6.45, 7) is 8.95. The molecule has 0 amide bonds. The van der Waals surface area contributed by atoms with Gasteiger partial charge in [-0.25, -0.2) is 0 Å². The van der Waals surface area contributed by atoms with Crippen molar-refractivity contribution in [1.29, 1.82) is 0 Å². The standard InChI is InChI=1S/C10H24N2O2/c1-9(6-14)12-8-10(2,3)7-11-4-5-13/h9,11-14H,4-8H2,1-3H3/t9-/m1/s1. The summed E-state index contributed by atoms with van der Waals surface area (Å²) in [6, 6.07) is 0.145. The van der Waals surface area contributed by atoms with Crippen molar-refractivity contribution in [2.75, 3.05) is 32.8 Å².